The van der Waals surface area contributed by atoms with Gasteiger partial charge < -0.3 is 29.5 Å². The third kappa shape index (κ3) is 5.95. The van der Waals surface area contributed by atoms with Crippen LogP contribution >= 0.6 is 0 Å². The molecule has 41 heavy (non-hydrogen) atoms. The van der Waals surface area contributed by atoms with Gasteiger partial charge in [-0.15, -0.1) is 0 Å². The molecule has 2 fully saturated rings. The fourth-order valence-electron chi connectivity index (χ4n) is 5.12. The highest BCUT2D eigenvalue weighted by Crippen LogP contribution is 2.37. The summed E-state index contributed by atoms with van der Waals surface area (Å²) < 4.78 is 48.1. The number of nitrogens with one attached hydrogen (secondary N) is 1. The fourth-order valence-corrected chi connectivity index (χ4v) is 5.12. The normalized spacial score (nSPS) is 29.5. The van der Waals surface area contributed by atoms with Crippen LogP contribution in [0.15, 0.2) is 36.4 Å². The van der Waals surface area contributed by atoms with E-state index in [1.807, 2.05) is 0 Å². The monoisotopic (exact) mass is 574 g/mol. The van der Waals surface area contributed by atoms with Crippen LogP contribution in [0.5, 0.6) is 5.88 Å². The number of rotatable bonds is 1. The minimum absolute atomic E-state index is 0.167. The van der Waals surface area contributed by atoms with Gasteiger partial charge in [0, 0.05) is 6.42 Å². The number of aromatic nitrogens is 2. The molecule has 2 aliphatic heterocycles. The Morgan fingerprint density at radius 3 is 2.41 bits per heavy atom. The number of allylic oxidation sites excluding steroid dienone is 1. The number of carbonyl (C=O) groups is 3. The van der Waals surface area contributed by atoms with E-state index in [1.54, 1.807) is 45.0 Å². The van der Waals surface area contributed by atoms with Gasteiger partial charge in [0.25, 0.3) is 0 Å². The molecular formula is C28H32F2N4O7. The van der Waals surface area contributed by atoms with E-state index >= 15 is 8.78 Å². The van der Waals surface area contributed by atoms with Crippen molar-refractivity contribution in [1.82, 2.24) is 20.2 Å². The number of fused-ring (bicyclic) bond motifs is 5. The van der Waals surface area contributed by atoms with Crippen molar-refractivity contribution in [2.24, 2.45) is 5.41 Å². The maximum absolute atomic E-state index is 15.5. The fraction of sp³-hybridized carbons (Fsp3) is 0.536. The Balaban J connectivity index is 1.55. The molecule has 13 heteroatoms. The van der Waals surface area contributed by atoms with E-state index in [0.29, 0.717) is 24.4 Å². The molecule has 0 unspecified atom stereocenters. The van der Waals surface area contributed by atoms with Crippen LogP contribution in [0, 0.1) is 5.41 Å². The molecule has 1 aromatic carbocycles. The van der Waals surface area contributed by atoms with Crippen molar-refractivity contribution in [2.75, 3.05) is 13.2 Å². The summed E-state index contributed by atoms with van der Waals surface area (Å²) in [6.45, 7) is 4.78. The maximum atomic E-state index is 15.5. The smallest absolute Gasteiger partial charge is 0.408 e. The number of benzene rings is 1. The maximum Gasteiger partial charge on any atom is 0.408 e. The molecule has 3 aliphatic rings. The quantitative estimate of drug-likeness (QED) is 0.491. The number of alkyl halides is 2. The molecule has 3 heterocycles. The first-order chi connectivity index (χ1) is 19.3. The van der Waals surface area contributed by atoms with Crippen LogP contribution < -0.4 is 10.1 Å². The molecular weight excluding hydrogens is 542 g/mol. The zero-order chi connectivity index (χ0) is 29.5. The number of para-hydroxylation sites is 2. The zero-order valence-electron chi connectivity index (χ0n) is 22.9. The van der Waals surface area contributed by atoms with E-state index in [4.69, 9.17) is 14.2 Å². The number of aliphatic carboxylic acids is 1. The number of nitrogens with zero attached hydrogens (tertiary/aromatic N) is 3. The first-order valence-corrected chi connectivity index (χ1v) is 13.4. The second kappa shape index (κ2) is 10.8. The molecule has 1 aromatic heterocycles. The molecule has 220 valence electrons. The first kappa shape index (κ1) is 28.7. The minimum Gasteiger partial charge on any atom is -0.480 e. The minimum atomic E-state index is -3.62. The average Bonchev–Trinajstić information content (AvgIpc) is 3.32. The van der Waals surface area contributed by atoms with Crippen LogP contribution in [0.3, 0.4) is 0 Å². The topological polar surface area (TPSA) is 140 Å². The van der Waals surface area contributed by atoms with E-state index in [1.165, 1.54) is 0 Å². The average molecular weight is 575 g/mol. The van der Waals surface area contributed by atoms with Gasteiger partial charge >= 0.3 is 18.0 Å². The summed E-state index contributed by atoms with van der Waals surface area (Å²) in [7, 11) is 0. The summed E-state index contributed by atoms with van der Waals surface area (Å²) in [5.74, 6) is -6.03. The summed E-state index contributed by atoms with van der Waals surface area (Å²) in [5, 5.41) is 12.5. The van der Waals surface area contributed by atoms with Gasteiger partial charge in [-0.25, -0.2) is 19.6 Å². The number of alkyl carbamates (subject to hydrolysis) is 1. The predicted octanol–water partition coefficient (Wildman–Crippen LogP) is 3.41. The largest absolute Gasteiger partial charge is 0.480 e. The number of hydrogen-bond donors (Lipinski definition) is 2. The zero-order valence-corrected chi connectivity index (χ0v) is 22.9. The number of carboxylic acids is 1. The molecule has 2 bridgehead atoms. The van der Waals surface area contributed by atoms with Crippen molar-refractivity contribution < 1.29 is 42.5 Å². The second-order valence-electron chi connectivity index (χ2n) is 11.5. The Morgan fingerprint density at radius 1 is 1.10 bits per heavy atom. The van der Waals surface area contributed by atoms with Gasteiger partial charge in [-0.1, -0.05) is 39.0 Å². The van der Waals surface area contributed by atoms with Crippen LogP contribution in [-0.4, -0.2) is 81.5 Å². The van der Waals surface area contributed by atoms with E-state index in [0.717, 1.165) is 11.0 Å². The van der Waals surface area contributed by atoms with Crippen molar-refractivity contribution >= 4 is 29.0 Å². The van der Waals surface area contributed by atoms with Gasteiger partial charge in [0.15, 0.2) is 5.69 Å². The summed E-state index contributed by atoms with van der Waals surface area (Å²) in [6, 6.07) is 4.00. The van der Waals surface area contributed by atoms with Crippen LogP contribution in [-0.2, 0) is 25.0 Å². The van der Waals surface area contributed by atoms with Crippen molar-refractivity contribution in [1.29, 1.82) is 0 Å². The van der Waals surface area contributed by atoms with E-state index in [-0.39, 0.29) is 25.1 Å². The third-order valence-electron chi connectivity index (χ3n) is 7.48. The standard InChI is InChI=1S/C28H32F2N4O7/c1-27(2,3)22-24(35)34-14-15(13-18(34)25(36)37)40-23-21(31-16-7-4-5-8-17(16)32-23)28(29,30)11-6-12-39-19-9-10-20(19)41-26(38)33-22/h4-8,11,15,18-20,22H,9-10,12-14H2,1-3H3,(H,33,38)(H,36,37)/b11-6-/t15-,18+,19-,20-,22-/m1/s1. The molecule has 1 saturated carbocycles. The third-order valence-corrected chi connectivity index (χ3v) is 7.48. The van der Waals surface area contributed by atoms with Gasteiger partial charge in [0.1, 0.15) is 24.3 Å². The summed E-state index contributed by atoms with van der Waals surface area (Å²) in [4.78, 5) is 48.3. The highest BCUT2D eigenvalue weighted by atomic mass is 19.3. The number of carboxylic acid groups (broad SMARTS) is 1. The molecule has 2 N–H and O–H groups in total. The Hall–Kier alpha value is -3.87. The van der Waals surface area contributed by atoms with E-state index in [2.05, 4.69) is 15.3 Å². The lowest BCUT2D eigenvalue weighted by atomic mass is 9.85. The van der Waals surface area contributed by atoms with Gasteiger partial charge in [-0.05, 0) is 36.5 Å². The number of carbonyl (C=O) groups excluding carboxylic acids is 2. The van der Waals surface area contributed by atoms with Gasteiger partial charge in [0.05, 0.1) is 30.3 Å². The molecule has 1 aliphatic carbocycles. The van der Waals surface area contributed by atoms with Crippen LogP contribution in [0.2, 0.25) is 0 Å². The predicted molar refractivity (Wildman–Crippen MR) is 140 cm³/mol. The SMILES string of the molecule is CC(C)(C)[C@@H]1NC(=O)O[C@@H]2CC[C@H]2OC/C=C\C(F)(F)c2nc3ccccc3nc2O[C@@H]2C[C@@H](C(=O)O)N(C2)C1=O. The molecule has 2 aromatic rings. The molecule has 0 radical (unpaired) electrons. The highest BCUT2D eigenvalue weighted by Gasteiger charge is 2.47. The Kier molecular flexibility index (Phi) is 7.58. The lowest BCUT2D eigenvalue weighted by molar-refractivity contribution is -0.150. The van der Waals surface area contributed by atoms with E-state index in [9.17, 15) is 19.5 Å². The summed E-state index contributed by atoms with van der Waals surface area (Å²) in [5.41, 5.74) is -1.02. The van der Waals surface area contributed by atoms with Gasteiger partial charge in [0.2, 0.25) is 11.8 Å². The lowest BCUT2D eigenvalue weighted by Crippen LogP contribution is -2.57. The number of halogens is 2. The van der Waals surface area contributed by atoms with Gasteiger partial charge in [-0.3, -0.25) is 4.79 Å². The number of ether oxygens (including phenoxy) is 3. The van der Waals surface area contributed by atoms with Crippen LogP contribution in [0.1, 0.15) is 45.7 Å². The Bertz CT molecular complexity index is 1380. The highest BCUT2D eigenvalue weighted by molar-refractivity contribution is 5.90. The molecule has 5 rings (SSSR count). The first-order valence-electron chi connectivity index (χ1n) is 13.4. The summed E-state index contributed by atoms with van der Waals surface area (Å²) in [6.07, 6.45) is -0.275. The van der Waals surface area contributed by atoms with Crippen LogP contribution in [0.25, 0.3) is 11.0 Å². The van der Waals surface area contributed by atoms with Gasteiger partial charge in [-0.2, -0.15) is 8.78 Å². The Labute approximate surface area is 234 Å². The molecule has 1 saturated heterocycles. The number of amides is 2. The molecule has 5 atom stereocenters. The Morgan fingerprint density at radius 2 is 1.78 bits per heavy atom. The summed E-state index contributed by atoms with van der Waals surface area (Å²) >= 11 is 0. The molecule has 2 amide bonds. The van der Waals surface area contributed by atoms with Crippen molar-refractivity contribution in [2.45, 2.75) is 76.4 Å². The van der Waals surface area contributed by atoms with Crippen molar-refractivity contribution in [3.63, 3.8) is 0 Å². The van der Waals surface area contributed by atoms with E-state index < -0.39 is 71.3 Å². The lowest BCUT2D eigenvalue weighted by Gasteiger charge is -2.37. The van der Waals surface area contributed by atoms with Crippen molar-refractivity contribution in [3.8, 4) is 5.88 Å². The second-order valence-corrected chi connectivity index (χ2v) is 11.5. The van der Waals surface area contributed by atoms with Crippen LogP contribution in [0.4, 0.5) is 13.6 Å². The molecule has 11 nitrogen and oxygen atoms in total. The molecule has 0 spiro atoms. The number of hydrogen-bond acceptors (Lipinski definition) is 8. The van der Waals surface area contributed by atoms with Crippen molar-refractivity contribution in [3.05, 3.63) is 42.1 Å².